The molecule has 1 aliphatic heterocycles. The van der Waals surface area contributed by atoms with Crippen LogP contribution in [0.5, 0.6) is 0 Å². The van der Waals surface area contributed by atoms with Gasteiger partial charge in [0, 0.05) is 12.1 Å². The van der Waals surface area contributed by atoms with Crippen LogP contribution in [0.25, 0.3) is 6.08 Å². The maximum atomic E-state index is 13.7. The minimum absolute atomic E-state index is 0.0287. The van der Waals surface area contributed by atoms with Crippen molar-refractivity contribution in [2.45, 2.75) is 111 Å². The van der Waals surface area contributed by atoms with Crippen LogP contribution in [0, 0.1) is 17.3 Å². The van der Waals surface area contributed by atoms with Crippen LogP contribution in [0.3, 0.4) is 0 Å². The topological polar surface area (TPSA) is 99.5 Å². The molecule has 0 spiro atoms. The highest BCUT2D eigenvalue weighted by molar-refractivity contribution is 5.88. The summed E-state index contributed by atoms with van der Waals surface area (Å²) in [5.74, 6) is -1.04. The van der Waals surface area contributed by atoms with Gasteiger partial charge in [0.25, 0.3) is 0 Å². The van der Waals surface area contributed by atoms with Crippen LogP contribution in [0.1, 0.15) is 98.6 Å². The number of allylic oxidation sites excluding steroid dienone is 1. The number of amides is 1. The van der Waals surface area contributed by atoms with Crippen molar-refractivity contribution in [3.63, 3.8) is 0 Å². The Morgan fingerprint density at radius 1 is 1.24 bits per heavy atom. The van der Waals surface area contributed by atoms with Crippen molar-refractivity contribution < 1.29 is 19.8 Å². The Labute approximate surface area is 223 Å². The summed E-state index contributed by atoms with van der Waals surface area (Å²) in [6.45, 7) is 11.5. The SMILES string of the molecule is CCCC[C@H]1C(=O)C(C)(C)[C@@H](O)CC(=O)N[C@H](/C(C)=C/c2ccccn2)C/C=C(/C)CCC[C@H](C)[C@@H]1O. The maximum Gasteiger partial charge on any atom is 0.223 e. The Kier molecular flexibility index (Phi) is 12.2. The zero-order valence-corrected chi connectivity index (χ0v) is 23.7. The van der Waals surface area contributed by atoms with Crippen LogP contribution in [0.2, 0.25) is 0 Å². The highest BCUT2D eigenvalue weighted by Gasteiger charge is 2.43. The zero-order chi connectivity index (χ0) is 27.6. The molecule has 0 saturated carbocycles. The number of ketones is 1. The Bertz CT molecular complexity index is 938. The lowest BCUT2D eigenvalue weighted by molar-refractivity contribution is -0.144. The lowest BCUT2D eigenvalue weighted by Crippen LogP contribution is -2.48. The smallest absolute Gasteiger partial charge is 0.223 e. The number of Topliss-reactive ketones (excluding diaryl/α,β-unsaturated/α-hetero) is 1. The van der Waals surface area contributed by atoms with Gasteiger partial charge < -0.3 is 15.5 Å². The van der Waals surface area contributed by atoms with Crippen LogP contribution in [0.15, 0.2) is 41.6 Å². The molecule has 0 aromatic carbocycles. The van der Waals surface area contributed by atoms with Gasteiger partial charge in [-0.25, -0.2) is 0 Å². The molecule has 0 saturated heterocycles. The van der Waals surface area contributed by atoms with E-state index >= 15 is 0 Å². The van der Waals surface area contributed by atoms with Crippen molar-refractivity contribution in [3.05, 3.63) is 47.3 Å². The largest absolute Gasteiger partial charge is 0.392 e. The lowest BCUT2D eigenvalue weighted by Gasteiger charge is -2.36. The van der Waals surface area contributed by atoms with Crippen LogP contribution in [-0.4, -0.2) is 45.1 Å². The van der Waals surface area contributed by atoms with Crippen molar-refractivity contribution in [1.29, 1.82) is 0 Å². The Morgan fingerprint density at radius 2 is 1.97 bits per heavy atom. The molecule has 37 heavy (non-hydrogen) atoms. The second kappa shape index (κ2) is 14.6. The molecule has 1 amide bonds. The Hall–Kier alpha value is -2.31. The van der Waals surface area contributed by atoms with E-state index in [1.807, 2.05) is 38.1 Å². The molecule has 0 bridgehead atoms. The van der Waals surface area contributed by atoms with E-state index in [0.29, 0.717) is 12.8 Å². The molecule has 3 N–H and O–H groups in total. The van der Waals surface area contributed by atoms with Crippen LogP contribution >= 0.6 is 0 Å². The summed E-state index contributed by atoms with van der Waals surface area (Å²) >= 11 is 0. The van der Waals surface area contributed by atoms with E-state index in [2.05, 4.69) is 30.2 Å². The quantitative estimate of drug-likeness (QED) is 0.444. The van der Waals surface area contributed by atoms with Crippen LogP contribution < -0.4 is 5.32 Å². The third kappa shape index (κ3) is 9.19. The third-order valence-electron chi connectivity index (χ3n) is 7.93. The van der Waals surface area contributed by atoms with Crippen molar-refractivity contribution in [2.24, 2.45) is 17.3 Å². The van der Waals surface area contributed by atoms with Crippen LogP contribution in [-0.2, 0) is 9.59 Å². The van der Waals surface area contributed by atoms with Crippen molar-refractivity contribution in [3.8, 4) is 0 Å². The van der Waals surface area contributed by atoms with Gasteiger partial charge in [-0.3, -0.25) is 14.6 Å². The first-order valence-corrected chi connectivity index (χ1v) is 13.9. The van der Waals surface area contributed by atoms with E-state index in [9.17, 15) is 19.8 Å². The van der Waals surface area contributed by atoms with E-state index in [4.69, 9.17) is 0 Å². The number of aliphatic hydroxyl groups excluding tert-OH is 2. The fourth-order valence-electron chi connectivity index (χ4n) is 5.05. The molecular formula is C31H48N2O4. The first-order chi connectivity index (χ1) is 17.5. The number of carbonyl (C=O) groups excluding carboxylic acids is 2. The monoisotopic (exact) mass is 512 g/mol. The molecule has 1 aromatic heterocycles. The molecule has 0 fully saturated rings. The van der Waals surface area contributed by atoms with Gasteiger partial charge in [-0.15, -0.1) is 0 Å². The van der Waals surface area contributed by atoms with E-state index in [0.717, 1.165) is 43.4 Å². The third-order valence-corrected chi connectivity index (χ3v) is 7.93. The highest BCUT2D eigenvalue weighted by Crippen LogP contribution is 2.34. The van der Waals surface area contributed by atoms with Crippen LogP contribution in [0.4, 0.5) is 0 Å². The number of nitrogens with one attached hydrogen (secondary N) is 1. The summed E-state index contributed by atoms with van der Waals surface area (Å²) in [5.41, 5.74) is 1.87. The summed E-state index contributed by atoms with van der Waals surface area (Å²) in [6.07, 6.45) is 9.39. The average Bonchev–Trinajstić information content (AvgIpc) is 2.86. The number of aromatic nitrogens is 1. The number of rotatable bonds is 5. The summed E-state index contributed by atoms with van der Waals surface area (Å²) in [5, 5.41) is 25.4. The maximum absolute atomic E-state index is 13.7. The van der Waals surface area contributed by atoms with Gasteiger partial charge in [-0.2, -0.15) is 0 Å². The molecule has 0 unspecified atom stereocenters. The summed E-state index contributed by atoms with van der Waals surface area (Å²) < 4.78 is 0. The Morgan fingerprint density at radius 3 is 2.62 bits per heavy atom. The van der Waals surface area contributed by atoms with Gasteiger partial charge in [0.05, 0.1) is 35.8 Å². The van der Waals surface area contributed by atoms with Gasteiger partial charge in [0.1, 0.15) is 5.78 Å². The number of nitrogens with zero attached hydrogens (tertiary/aromatic N) is 1. The van der Waals surface area contributed by atoms with E-state index in [1.165, 1.54) is 5.57 Å². The number of hydrogen-bond acceptors (Lipinski definition) is 5. The minimum Gasteiger partial charge on any atom is -0.392 e. The molecule has 6 heteroatoms. The molecule has 1 aromatic rings. The first-order valence-electron chi connectivity index (χ1n) is 13.9. The standard InChI is InChI=1S/C31H48N2O4/c1-7-8-15-25-29(36)22(3)13-11-12-21(2)16-17-26(23(4)19-24-14-9-10-18-32-24)33-28(35)20-27(34)31(5,6)30(25)37/h9-10,14,16,18-19,22,25-27,29,34,36H,7-8,11-13,15,17,20H2,1-6H3,(H,33,35)/b21-16-,23-19+/t22-,25+,26-,27-,29-/m0/s1. The molecule has 2 heterocycles. The van der Waals surface area contributed by atoms with Gasteiger partial charge >= 0.3 is 0 Å². The van der Waals surface area contributed by atoms with Crippen molar-refractivity contribution in [1.82, 2.24) is 10.3 Å². The molecule has 1 aliphatic rings. The summed E-state index contributed by atoms with van der Waals surface area (Å²) in [4.78, 5) is 31.2. The first kappa shape index (κ1) is 30.9. The number of hydrogen-bond donors (Lipinski definition) is 3. The normalized spacial score (nSPS) is 30.3. The molecule has 6 nitrogen and oxygen atoms in total. The van der Waals surface area contributed by atoms with Gasteiger partial charge in [0.2, 0.25) is 5.91 Å². The van der Waals surface area contributed by atoms with E-state index < -0.39 is 23.5 Å². The predicted molar refractivity (Wildman–Crippen MR) is 150 cm³/mol. The molecule has 0 radical (unpaired) electrons. The highest BCUT2D eigenvalue weighted by atomic mass is 16.3. The minimum atomic E-state index is -1.16. The molecule has 2 rings (SSSR count). The van der Waals surface area contributed by atoms with Gasteiger partial charge in [-0.1, -0.05) is 58.3 Å². The molecule has 5 atom stereocenters. The number of aliphatic hydroxyl groups is 2. The molecular weight excluding hydrogens is 464 g/mol. The summed E-state index contributed by atoms with van der Waals surface area (Å²) in [6, 6.07) is 5.46. The lowest BCUT2D eigenvalue weighted by atomic mass is 9.71. The fourth-order valence-corrected chi connectivity index (χ4v) is 5.05. The number of carbonyl (C=O) groups is 2. The second-order valence-corrected chi connectivity index (χ2v) is 11.5. The Balaban J connectivity index is 2.37. The van der Waals surface area contributed by atoms with Crippen molar-refractivity contribution in [2.75, 3.05) is 0 Å². The summed E-state index contributed by atoms with van der Waals surface area (Å²) in [7, 11) is 0. The number of unbranched alkanes of at least 4 members (excludes halogenated alkanes) is 1. The second-order valence-electron chi connectivity index (χ2n) is 11.5. The van der Waals surface area contributed by atoms with Gasteiger partial charge in [0.15, 0.2) is 0 Å². The predicted octanol–water partition coefficient (Wildman–Crippen LogP) is 5.64. The molecule has 0 aliphatic carbocycles. The van der Waals surface area contributed by atoms with Gasteiger partial charge in [-0.05, 0) is 75.7 Å². The fraction of sp³-hybridized carbons (Fsp3) is 0.645. The zero-order valence-electron chi connectivity index (χ0n) is 23.7. The molecule has 206 valence electrons. The average molecular weight is 513 g/mol. The van der Waals surface area contributed by atoms with E-state index in [-0.39, 0.29) is 30.1 Å². The van der Waals surface area contributed by atoms with E-state index in [1.54, 1.807) is 20.0 Å². The van der Waals surface area contributed by atoms with Crippen molar-refractivity contribution >= 4 is 17.8 Å². The number of pyridine rings is 1.